The van der Waals surface area contributed by atoms with Crippen molar-refractivity contribution in [3.8, 4) is 28.7 Å². The summed E-state index contributed by atoms with van der Waals surface area (Å²) in [7, 11) is -0.940. The number of nitrogens with one attached hydrogen (secondary N) is 1. The first-order valence-corrected chi connectivity index (χ1v) is 13.1. The molecule has 0 saturated carbocycles. The highest BCUT2D eigenvalue weighted by Gasteiger charge is 2.32. The van der Waals surface area contributed by atoms with Gasteiger partial charge in [0.2, 0.25) is 16.0 Å². The fourth-order valence-corrected chi connectivity index (χ4v) is 5.02. The molecule has 0 radical (unpaired) electrons. The van der Waals surface area contributed by atoms with Crippen molar-refractivity contribution in [1.29, 1.82) is 0 Å². The van der Waals surface area contributed by atoms with Gasteiger partial charge in [0.05, 0.1) is 19.5 Å². The minimum atomic E-state index is -3.97. The van der Waals surface area contributed by atoms with Gasteiger partial charge in [-0.25, -0.2) is 23.4 Å². The summed E-state index contributed by atoms with van der Waals surface area (Å²) in [6.07, 6.45) is 3.33. The Morgan fingerprint density at radius 1 is 0.919 bits per heavy atom. The molecule has 11 nitrogen and oxygen atoms in total. The van der Waals surface area contributed by atoms with E-state index in [1.165, 1.54) is 18.8 Å². The molecule has 0 aliphatic heterocycles. The van der Waals surface area contributed by atoms with E-state index >= 15 is 0 Å². The van der Waals surface area contributed by atoms with Gasteiger partial charge in [0, 0.05) is 24.0 Å². The summed E-state index contributed by atoms with van der Waals surface area (Å²) in [5.74, 6) is 1.08. The average molecular weight is 524 g/mol. The largest absolute Gasteiger partial charge is 0.494 e. The van der Waals surface area contributed by atoms with Gasteiger partial charge in [-0.2, -0.15) is 0 Å². The van der Waals surface area contributed by atoms with Gasteiger partial charge >= 0.3 is 0 Å². The third kappa shape index (κ3) is 5.24. The Hall–Kier alpha value is -4.06. The molecule has 2 unspecified atom stereocenters. The maximum absolute atomic E-state index is 13.5. The number of nitrogens with zero attached hydrogens (tertiary/aromatic N) is 6. The van der Waals surface area contributed by atoms with Crippen LogP contribution in [0.15, 0.2) is 48.8 Å². The summed E-state index contributed by atoms with van der Waals surface area (Å²) >= 11 is 0. The van der Waals surface area contributed by atoms with Crippen LogP contribution in [0.25, 0.3) is 17.2 Å². The van der Waals surface area contributed by atoms with Crippen molar-refractivity contribution < 1.29 is 17.9 Å². The van der Waals surface area contributed by atoms with Gasteiger partial charge in [0.15, 0.2) is 5.82 Å². The van der Waals surface area contributed by atoms with Gasteiger partial charge in [-0.15, -0.1) is 10.2 Å². The highest BCUT2D eigenvalue weighted by atomic mass is 32.2. The Kier molecular flexibility index (Phi) is 7.39. The Labute approximate surface area is 216 Å². The fraction of sp³-hybridized carbons (Fsp3) is 0.320. The van der Waals surface area contributed by atoms with Crippen LogP contribution < -0.4 is 14.2 Å². The molecule has 1 N–H and O–H groups in total. The molecule has 0 aliphatic rings. The maximum atomic E-state index is 13.5. The van der Waals surface area contributed by atoms with Gasteiger partial charge in [0.1, 0.15) is 28.7 Å². The summed E-state index contributed by atoms with van der Waals surface area (Å²) in [5, 5.41) is 7.61. The van der Waals surface area contributed by atoms with Crippen molar-refractivity contribution in [3.63, 3.8) is 0 Å². The zero-order valence-electron chi connectivity index (χ0n) is 21.5. The Balaban J connectivity index is 1.83. The molecule has 1 aromatic carbocycles. The van der Waals surface area contributed by atoms with E-state index in [2.05, 4.69) is 29.9 Å². The molecule has 3 aromatic heterocycles. The first-order valence-electron chi connectivity index (χ1n) is 11.6. The number of benzene rings is 1. The SMILES string of the molecule is COc1cccc(OC)c1-n1c(NS(=O)(=O)C(C)C(C)c2ncc(C)cn2)nnc1-c1cccc(C)n1. The summed E-state index contributed by atoms with van der Waals surface area (Å²) in [6.45, 7) is 7.10. The first-order chi connectivity index (χ1) is 17.7. The summed E-state index contributed by atoms with van der Waals surface area (Å²) in [6, 6.07) is 10.7. The van der Waals surface area contributed by atoms with E-state index in [0.29, 0.717) is 34.5 Å². The molecule has 2 atom stereocenters. The minimum absolute atomic E-state index is 0.0371. The number of ether oxygens (including phenoxy) is 2. The van der Waals surface area contributed by atoms with Crippen molar-refractivity contribution in [2.24, 2.45) is 0 Å². The van der Waals surface area contributed by atoms with Crippen molar-refractivity contribution in [3.05, 3.63) is 65.9 Å². The molecule has 0 spiro atoms. The third-order valence-electron chi connectivity index (χ3n) is 6.04. The number of methoxy groups -OCH3 is 2. The van der Waals surface area contributed by atoms with Gasteiger partial charge < -0.3 is 9.47 Å². The number of hydrogen-bond donors (Lipinski definition) is 1. The number of para-hydroxylation sites is 1. The lowest BCUT2D eigenvalue weighted by Crippen LogP contribution is -2.31. The van der Waals surface area contributed by atoms with Gasteiger partial charge in [0.25, 0.3) is 0 Å². The second-order valence-electron chi connectivity index (χ2n) is 8.62. The lowest BCUT2D eigenvalue weighted by molar-refractivity contribution is 0.391. The summed E-state index contributed by atoms with van der Waals surface area (Å²) in [4.78, 5) is 13.2. The first kappa shape index (κ1) is 26.0. The molecule has 0 amide bonds. The molecular formula is C25H29N7O4S. The van der Waals surface area contributed by atoms with Crippen LogP contribution in [0, 0.1) is 13.8 Å². The molecular weight excluding hydrogens is 494 g/mol. The second kappa shape index (κ2) is 10.5. The van der Waals surface area contributed by atoms with Crippen molar-refractivity contribution in [2.75, 3.05) is 18.9 Å². The van der Waals surface area contributed by atoms with E-state index in [1.54, 1.807) is 50.5 Å². The van der Waals surface area contributed by atoms with Crippen LogP contribution in [0.5, 0.6) is 11.5 Å². The monoisotopic (exact) mass is 523 g/mol. The Morgan fingerprint density at radius 3 is 2.14 bits per heavy atom. The van der Waals surface area contributed by atoms with Crippen LogP contribution in [-0.2, 0) is 10.0 Å². The number of anilines is 1. The third-order valence-corrected chi connectivity index (χ3v) is 7.90. The predicted octanol–water partition coefficient (Wildman–Crippen LogP) is 3.69. The lowest BCUT2D eigenvalue weighted by Gasteiger charge is -2.21. The van der Waals surface area contributed by atoms with Gasteiger partial charge in [-0.3, -0.25) is 9.29 Å². The second-order valence-corrected chi connectivity index (χ2v) is 10.7. The van der Waals surface area contributed by atoms with Gasteiger partial charge in [-0.1, -0.05) is 19.1 Å². The lowest BCUT2D eigenvalue weighted by atomic mass is 10.1. The quantitative estimate of drug-likeness (QED) is 0.348. The molecule has 194 valence electrons. The standard InChI is InChI=1S/C25H29N7O4S/c1-15-13-26-23(27-14-15)17(3)18(4)37(33,34)31-25-30-29-24(19-10-7-9-16(2)28-19)32(25)22-20(35-5)11-8-12-21(22)36-6/h7-14,17-18H,1-6H3,(H,30,31). The predicted molar refractivity (Wildman–Crippen MR) is 140 cm³/mol. The zero-order chi connectivity index (χ0) is 26.7. The van der Waals surface area contributed by atoms with E-state index in [4.69, 9.17) is 9.47 Å². The average Bonchev–Trinajstić information content (AvgIpc) is 3.29. The maximum Gasteiger partial charge on any atom is 0.243 e. The van der Waals surface area contributed by atoms with Crippen LogP contribution in [0.2, 0.25) is 0 Å². The molecule has 0 aliphatic carbocycles. The van der Waals surface area contributed by atoms with Crippen LogP contribution in [0.4, 0.5) is 5.95 Å². The van der Waals surface area contributed by atoms with Gasteiger partial charge in [-0.05, 0) is 50.6 Å². The molecule has 37 heavy (non-hydrogen) atoms. The Bertz CT molecular complexity index is 1480. The number of rotatable bonds is 9. The molecule has 4 rings (SSSR count). The number of pyridine rings is 1. The number of aryl methyl sites for hydroxylation is 2. The fourth-order valence-electron chi connectivity index (χ4n) is 3.78. The van der Waals surface area contributed by atoms with Crippen LogP contribution in [0.1, 0.15) is 36.8 Å². The Morgan fingerprint density at radius 2 is 1.54 bits per heavy atom. The zero-order valence-corrected chi connectivity index (χ0v) is 22.3. The van der Waals surface area contributed by atoms with Crippen molar-refractivity contribution in [2.45, 2.75) is 38.9 Å². The topological polar surface area (TPSA) is 134 Å². The van der Waals surface area contributed by atoms with Crippen LogP contribution >= 0.6 is 0 Å². The van der Waals surface area contributed by atoms with Crippen molar-refractivity contribution in [1.82, 2.24) is 29.7 Å². The normalized spacial score (nSPS) is 13.1. The van der Waals surface area contributed by atoms with E-state index in [1.807, 2.05) is 26.0 Å². The number of hydrogen-bond acceptors (Lipinski definition) is 9. The van der Waals surface area contributed by atoms with Crippen molar-refractivity contribution >= 4 is 16.0 Å². The molecule has 0 saturated heterocycles. The van der Waals surface area contributed by atoms with E-state index < -0.39 is 21.2 Å². The smallest absolute Gasteiger partial charge is 0.243 e. The van der Waals surface area contributed by atoms with E-state index in [-0.39, 0.29) is 5.95 Å². The molecule has 3 heterocycles. The van der Waals surface area contributed by atoms with E-state index in [9.17, 15) is 8.42 Å². The number of aromatic nitrogens is 6. The summed E-state index contributed by atoms with van der Waals surface area (Å²) < 4.78 is 42.4. The van der Waals surface area contributed by atoms with Crippen LogP contribution in [0.3, 0.4) is 0 Å². The van der Waals surface area contributed by atoms with Crippen LogP contribution in [-0.4, -0.2) is 57.6 Å². The molecule has 0 fully saturated rings. The highest BCUT2D eigenvalue weighted by molar-refractivity contribution is 7.93. The molecule has 12 heteroatoms. The highest BCUT2D eigenvalue weighted by Crippen LogP contribution is 2.37. The molecule has 0 bridgehead atoms. The van der Waals surface area contributed by atoms with E-state index in [0.717, 1.165) is 11.3 Å². The minimum Gasteiger partial charge on any atom is -0.494 e. The molecule has 4 aromatic rings. The number of sulfonamides is 1. The summed E-state index contributed by atoms with van der Waals surface area (Å²) in [5.41, 5.74) is 2.58.